The Bertz CT molecular complexity index is 1480. The molecule has 37 heavy (non-hydrogen) atoms. The van der Waals surface area contributed by atoms with Crippen molar-refractivity contribution in [3.63, 3.8) is 0 Å². The van der Waals surface area contributed by atoms with Crippen LogP contribution in [0.5, 0.6) is 11.5 Å². The quantitative estimate of drug-likeness (QED) is 0.345. The number of anilines is 1. The van der Waals surface area contributed by atoms with Gasteiger partial charge in [0.15, 0.2) is 0 Å². The molecule has 1 aliphatic rings. The van der Waals surface area contributed by atoms with Crippen molar-refractivity contribution in [1.29, 1.82) is 0 Å². The highest BCUT2D eigenvalue weighted by atomic mass is 16.5. The summed E-state index contributed by atoms with van der Waals surface area (Å²) >= 11 is 0. The number of hydrogen-bond acceptors (Lipinski definition) is 5. The fraction of sp³-hybridized carbons (Fsp3) is 0.233. The van der Waals surface area contributed by atoms with E-state index in [-0.39, 0.29) is 17.6 Å². The third kappa shape index (κ3) is 4.98. The zero-order valence-electron chi connectivity index (χ0n) is 21.0. The third-order valence-corrected chi connectivity index (χ3v) is 6.60. The molecular weight excluding hydrogens is 466 g/mol. The number of carbonyl (C=O) groups excluding carboxylic acids is 2. The van der Waals surface area contributed by atoms with E-state index in [1.54, 1.807) is 11.0 Å². The van der Waals surface area contributed by atoms with Gasteiger partial charge in [0, 0.05) is 30.5 Å². The van der Waals surface area contributed by atoms with Gasteiger partial charge in [-0.25, -0.2) is 4.98 Å². The highest BCUT2D eigenvalue weighted by molar-refractivity contribution is 6.10. The number of aromatic nitrogens is 1. The molecule has 0 atom stereocenters. The van der Waals surface area contributed by atoms with Crippen molar-refractivity contribution < 1.29 is 19.4 Å². The summed E-state index contributed by atoms with van der Waals surface area (Å²) in [5, 5.41) is 13.1. The first kappa shape index (κ1) is 24.3. The van der Waals surface area contributed by atoms with Crippen LogP contribution in [0.15, 0.2) is 66.7 Å². The Morgan fingerprint density at radius 2 is 1.76 bits per heavy atom. The van der Waals surface area contributed by atoms with Crippen molar-refractivity contribution in [3.05, 3.63) is 83.4 Å². The number of hydrogen-bond donors (Lipinski definition) is 2. The highest BCUT2D eigenvalue weighted by Crippen LogP contribution is 2.33. The van der Waals surface area contributed by atoms with E-state index >= 15 is 0 Å². The van der Waals surface area contributed by atoms with Gasteiger partial charge in [-0.1, -0.05) is 19.1 Å². The van der Waals surface area contributed by atoms with E-state index in [1.165, 1.54) is 29.8 Å². The number of aromatic hydroxyl groups is 1. The molecule has 3 aromatic carbocycles. The molecule has 7 nitrogen and oxygen atoms in total. The molecule has 0 fully saturated rings. The molecule has 0 unspecified atom stereocenters. The standard InChI is InChI=1S/C30H29N3O4/c1-3-14-33(4-2)30(36)25-18-28(32-29(35)19-5-9-23(34)10-6-19)31-26-11-7-21(17-24(25)26)20-8-12-27-22(16-20)13-15-37-27/h5-12,16-18,34H,3-4,13-15H2,1-2H3,(H,31,32,35). The van der Waals surface area contributed by atoms with Crippen LogP contribution in [0.2, 0.25) is 0 Å². The first-order valence-electron chi connectivity index (χ1n) is 12.6. The molecule has 2 amide bonds. The molecule has 188 valence electrons. The summed E-state index contributed by atoms with van der Waals surface area (Å²) in [5.74, 6) is 0.827. The van der Waals surface area contributed by atoms with E-state index < -0.39 is 0 Å². The summed E-state index contributed by atoms with van der Waals surface area (Å²) in [7, 11) is 0. The number of nitrogens with one attached hydrogen (secondary N) is 1. The molecule has 0 spiro atoms. The Kier molecular flexibility index (Phi) is 6.77. The first-order valence-corrected chi connectivity index (χ1v) is 12.6. The zero-order valence-corrected chi connectivity index (χ0v) is 21.0. The molecule has 4 aromatic rings. The smallest absolute Gasteiger partial charge is 0.256 e. The summed E-state index contributed by atoms with van der Waals surface area (Å²) in [6, 6.07) is 19.7. The Hall–Kier alpha value is -4.39. The van der Waals surface area contributed by atoms with Gasteiger partial charge in [-0.15, -0.1) is 0 Å². The summed E-state index contributed by atoms with van der Waals surface area (Å²) in [6.45, 7) is 5.92. The topological polar surface area (TPSA) is 91.8 Å². The monoisotopic (exact) mass is 495 g/mol. The lowest BCUT2D eigenvalue weighted by atomic mass is 9.98. The molecule has 0 bridgehead atoms. The Balaban J connectivity index is 1.57. The number of phenolic OH excluding ortho intramolecular Hbond substituents is 1. The second-order valence-electron chi connectivity index (χ2n) is 9.09. The molecular formula is C30H29N3O4. The Labute approximate surface area is 215 Å². The van der Waals surface area contributed by atoms with Gasteiger partial charge in [0.05, 0.1) is 17.7 Å². The van der Waals surface area contributed by atoms with Crippen LogP contribution in [0.4, 0.5) is 5.82 Å². The van der Waals surface area contributed by atoms with Gasteiger partial charge in [-0.05, 0) is 84.6 Å². The maximum absolute atomic E-state index is 13.7. The minimum atomic E-state index is -0.372. The van der Waals surface area contributed by atoms with E-state index in [9.17, 15) is 14.7 Å². The van der Waals surface area contributed by atoms with Gasteiger partial charge in [-0.3, -0.25) is 9.59 Å². The van der Waals surface area contributed by atoms with Gasteiger partial charge in [-0.2, -0.15) is 0 Å². The Morgan fingerprint density at radius 1 is 1.00 bits per heavy atom. The summed E-state index contributed by atoms with van der Waals surface area (Å²) in [6.07, 6.45) is 1.73. The number of benzene rings is 3. The minimum Gasteiger partial charge on any atom is -0.508 e. The first-order chi connectivity index (χ1) is 18.0. The highest BCUT2D eigenvalue weighted by Gasteiger charge is 2.20. The molecule has 0 saturated carbocycles. The Morgan fingerprint density at radius 3 is 2.51 bits per heavy atom. The van der Waals surface area contributed by atoms with Crippen molar-refractivity contribution in [2.75, 3.05) is 25.0 Å². The molecule has 2 N–H and O–H groups in total. The molecule has 5 rings (SSSR count). The third-order valence-electron chi connectivity index (χ3n) is 6.60. The summed E-state index contributed by atoms with van der Waals surface area (Å²) in [5.41, 5.74) is 4.71. The lowest BCUT2D eigenvalue weighted by Crippen LogP contribution is -2.31. The van der Waals surface area contributed by atoms with Gasteiger partial charge in [0.25, 0.3) is 11.8 Å². The number of pyridine rings is 1. The maximum atomic E-state index is 13.7. The fourth-order valence-electron chi connectivity index (χ4n) is 4.66. The maximum Gasteiger partial charge on any atom is 0.256 e. The van der Waals surface area contributed by atoms with E-state index in [0.29, 0.717) is 42.2 Å². The molecule has 1 aromatic heterocycles. The molecule has 0 radical (unpaired) electrons. The fourth-order valence-corrected chi connectivity index (χ4v) is 4.66. The van der Waals surface area contributed by atoms with Crippen LogP contribution < -0.4 is 10.1 Å². The number of amides is 2. The number of nitrogens with zero attached hydrogens (tertiary/aromatic N) is 2. The van der Waals surface area contributed by atoms with Crippen molar-refractivity contribution in [3.8, 4) is 22.6 Å². The second kappa shape index (κ2) is 10.3. The number of carbonyl (C=O) groups is 2. The summed E-state index contributed by atoms with van der Waals surface area (Å²) in [4.78, 5) is 33.0. The lowest BCUT2D eigenvalue weighted by Gasteiger charge is -2.21. The van der Waals surface area contributed by atoms with Gasteiger partial charge in [0.1, 0.15) is 17.3 Å². The SMILES string of the molecule is CCCN(CC)C(=O)c1cc(NC(=O)c2ccc(O)cc2)nc2ccc(-c3ccc4c(c3)CCO4)cc12. The largest absolute Gasteiger partial charge is 0.508 e. The van der Waals surface area contributed by atoms with Gasteiger partial charge in [0.2, 0.25) is 0 Å². The van der Waals surface area contributed by atoms with E-state index in [0.717, 1.165) is 35.1 Å². The normalized spacial score (nSPS) is 12.2. The van der Waals surface area contributed by atoms with E-state index in [1.807, 2.05) is 44.2 Å². The number of ether oxygens (including phenoxy) is 1. The average molecular weight is 496 g/mol. The molecule has 2 heterocycles. The lowest BCUT2D eigenvalue weighted by molar-refractivity contribution is 0.0766. The van der Waals surface area contributed by atoms with Crippen LogP contribution in [-0.4, -0.2) is 46.5 Å². The molecule has 0 aliphatic carbocycles. The van der Waals surface area contributed by atoms with Crippen molar-refractivity contribution >= 4 is 28.5 Å². The van der Waals surface area contributed by atoms with Crippen molar-refractivity contribution in [2.45, 2.75) is 26.7 Å². The van der Waals surface area contributed by atoms with Gasteiger partial charge < -0.3 is 20.1 Å². The molecule has 7 heteroatoms. The van der Waals surface area contributed by atoms with Crippen LogP contribution in [0.1, 0.15) is 46.5 Å². The van der Waals surface area contributed by atoms with Crippen molar-refractivity contribution in [2.24, 2.45) is 0 Å². The number of fused-ring (bicyclic) bond motifs is 2. The van der Waals surface area contributed by atoms with Crippen molar-refractivity contribution in [1.82, 2.24) is 9.88 Å². The van der Waals surface area contributed by atoms with Crippen LogP contribution in [0, 0.1) is 0 Å². The molecule has 0 saturated heterocycles. The number of phenols is 1. The van der Waals surface area contributed by atoms with Crippen LogP contribution in [-0.2, 0) is 6.42 Å². The minimum absolute atomic E-state index is 0.0792. The zero-order chi connectivity index (χ0) is 25.9. The predicted molar refractivity (Wildman–Crippen MR) is 144 cm³/mol. The summed E-state index contributed by atoms with van der Waals surface area (Å²) < 4.78 is 5.65. The van der Waals surface area contributed by atoms with E-state index in [2.05, 4.69) is 16.4 Å². The number of rotatable bonds is 7. The average Bonchev–Trinajstić information content (AvgIpc) is 3.39. The predicted octanol–water partition coefficient (Wildman–Crippen LogP) is 5.67. The second-order valence-corrected chi connectivity index (χ2v) is 9.09. The van der Waals surface area contributed by atoms with Crippen LogP contribution in [0.25, 0.3) is 22.0 Å². The van der Waals surface area contributed by atoms with E-state index in [4.69, 9.17) is 4.74 Å². The van der Waals surface area contributed by atoms with Gasteiger partial charge >= 0.3 is 0 Å². The molecule has 1 aliphatic heterocycles. The van der Waals surface area contributed by atoms with Crippen LogP contribution >= 0.6 is 0 Å². The van der Waals surface area contributed by atoms with Crippen LogP contribution in [0.3, 0.4) is 0 Å².